The van der Waals surface area contributed by atoms with Crippen molar-refractivity contribution in [3.8, 4) is 0 Å². The minimum Gasteiger partial charge on any atom is -0.410 e. The minimum absolute atomic E-state index is 0. The summed E-state index contributed by atoms with van der Waals surface area (Å²) in [5.74, 6) is 0. The van der Waals surface area contributed by atoms with Gasteiger partial charge in [0.15, 0.2) is 0 Å². The number of benzene rings is 4. The van der Waals surface area contributed by atoms with E-state index in [1.807, 2.05) is 72.8 Å². The van der Waals surface area contributed by atoms with Gasteiger partial charge in [0.05, 0.1) is 0 Å². The molecule has 0 saturated heterocycles. The zero-order valence-electron chi connectivity index (χ0n) is 19.4. The SMILES string of the molecule is O/N=C(/C(=N/O)c1ccccc1)c1ccccc1.O/N=C(/C(=N/O)c1ccccc1)c1ccccc1.[Pd]. The van der Waals surface area contributed by atoms with Crippen molar-refractivity contribution in [2.45, 2.75) is 0 Å². The van der Waals surface area contributed by atoms with Crippen molar-refractivity contribution in [1.82, 2.24) is 0 Å². The molecule has 4 rings (SSSR count). The van der Waals surface area contributed by atoms with E-state index >= 15 is 0 Å². The first-order valence-electron chi connectivity index (χ1n) is 10.8. The molecule has 0 aromatic heterocycles. The normalized spacial score (nSPS) is 12.1. The Labute approximate surface area is 227 Å². The summed E-state index contributed by atoms with van der Waals surface area (Å²) in [5, 5.41) is 49.5. The molecule has 0 aliphatic rings. The van der Waals surface area contributed by atoms with E-state index in [0.717, 1.165) is 0 Å². The van der Waals surface area contributed by atoms with E-state index in [0.29, 0.717) is 22.3 Å². The van der Waals surface area contributed by atoms with Gasteiger partial charge in [-0.15, -0.1) is 0 Å². The van der Waals surface area contributed by atoms with Crippen LogP contribution in [0.5, 0.6) is 0 Å². The zero-order chi connectivity index (χ0) is 25.6. The Morgan fingerprint density at radius 2 is 0.486 bits per heavy atom. The summed E-state index contributed by atoms with van der Waals surface area (Å²) in [6.45, 7) is 0. The zero-order valence-corrected chi connectivity index (χ0v) is 21.0. The largest absolute Gasteiger partial charge is 0.410 e. The molecule has 0 aliphatic heterocycles. The van der Waals surface area contributed by atoms with Gasteiger partial charge in [-0.05, 0) is 0 Å². The summed E-state index contributed by atoms with van der Waals surface area (Å²) in [4.78, 5) is 0. The Kier molecular flexibility index (Phi) is 11.9. The van der Waals surface area contributed by atoms with Crippen LogP contribution in [0.2, 0.25) is 0 Å². The first-order valence-corrected chi connectivity index (χ1v) is 10.8. The van der Waals surface area contributed by atoms with Crippen LogP contribution in [0.3, 0.4) is 0 Å². The molecular weight excluding hydrogens is 563 g/mol. The van der Waals surface area contributed by atoms with Crippen LogP contribution in [0.4, 0.5) is 0 Å². The maximum absolute atomic E-state index is 9.14. The quantitative estimate of drug-likeness (QED) is 0.103. The fourth-order valence-electron chi connectivity index (χ4n) is 3.35. The molecule has 4 aromatic rings. The number of nitrogens with zero attached hydrogens (tertiary/aromatic N) is 4. The van der Waals surface area contributed by atoms with E-state index in [1.54, 1.807) is 48.5 Å². The van der Waals surface area contributed by atoms with Crippen molar-refractivity contribution in [1.29, 1.82) is 0 Å². The van der Waals surface area contributed by atoms with E-state index < -0.39 is 0 Å². The molecule has 37 heavy (non-hydrogen) atoms. The average molecular weight is 587 g/mol. The van der Waals surface area contributed by atoms with Gasteiger partial charge in [0, 0.05) is 42.7 Å². The first kappa shape index (κ1) is 28.7. The van der Waals surface area contributed by atoms with Gasteiger partial charge in [0.2, 0.25) is 0 Å². The number of hydrogen-bond donors (Lipinski definition) is 4. The second kappa shape index (κ2) is 15.4. The number of oxime groups is 4. The van der Waals surface area contributed by atoms with Crippen molar-refractivity contribution in [2.24, 2.45) is 20.6 Å². The second-order valence-corrected chi connectivity index (χ2v) is 7.26. The van der Waals surface area contributed by atoms with Crippen molar-refractivity contribution in [2.75, 3.05) is 0 Å². The molecule has 4 aromatic carbocycles. The molecule has 8 nitrogen and oxygen atoms in total. The molecule has 0 heterocycles. The van der Waals surface area contributed by atoms with Gasteiger partial charge in [0.25, 0.3) is 0 Å². The van der Waals surface area contributed by atoms with Crippen LogP contribution < -0.4 is 0 Å². The Bertz CT molecular complexity index is 1130. The third-order valence-electron chi connectivity index (χ3n) is 5.04. The Balaban J connectivity index is 0.000000253. The van der Waals surface area contributed by atoms with Crippen molar-refractivity contribution >= 4 is 22.8 Å². The van der Waals surface area contributed by atoms with Gasteiger partial charge in [-0.25, -0.2) is 0 Å². The van der Waals surface area contributed by atoms with E-state index in [4.69, 9.17) is 20.8 Å². The van der Waals surface area contributed by atoms with Gasteiger partial charge in [-0.1, -0.05) is 142 Å². The van der Waals surface area contributed by atoms with Crippen molar-refractivity contribution in [3.63, 3.8) is 0 Å². The van der Waals surface area contributed by atoms with Crippen LogP contribution in [0.15, 0.2) is 142 Å². The molecule has 4 N–H and O–H groups in total. The molecule has 0 spiro atoms. The fourth-order valence-corrected chi connectivity index (χ4v) is 3.35. The summed E-state index contributed by atoms with van der Waals surface area (Å²) in [6, 6.07) is 36.2. The van der Waals surface area contributed by atoms with E-state index in [2.05, 4.69) is 20.6 Å². The molecule has 0 saturated carbocycles. The molecule has 0 bridgehead atoms. The standard InChI is InChI=1S/2C14H12N2O2.Pd/c2*17-15-13(11-7-3-1-4-8-11)14(16-18)12-9-5-2-6-10-12;/h2*1-10,17-18H;/b2*15-13+,16-14+;. The third kappa shape index (κ3) is 7.70. The molecule has 0 radical (unpaired) electrons. The monoisotopic (exact) mass is 586 g/mol. The van der Waals surface area contributed by atoms with Crippen molar-refractivity contribution in [3.05, 3.63) is 144 Å². The van der Waals surface area contributed by atoms with Crippen LogP contribution in [0.1, 0.15) is 22.3 Å². The summed E-state index contributed by atoms with van der Waals surface area (Å²) < 4.78 is 0. The Morgan fingerprint density at radius 3 is 0.622 bits per heavy atom. The van der Waals surface area contributed by atoms with Gasteiger partial charge >= 0.3 is 0 Å². The van der Waals surface area contributed by atoms with E-state index in [-0.39, 0.29) is 43.3 Å². The van der Waals surface area contributed by atoms with Gasteiger partial charge in [-0.3, -0.25) is 0 Å². The van der Waals surface area contributed by atoms with E-state index in [9.17, 15) is 0 Å². The van der Waals surface area contributed by atoms with Gasteiger partial charge in [-0.2, -0.15) is 0 Å². The second-order valence-electron chi connectivity index (χ2n) is 7.26. The minimum atomic E-state index is 0. The van der Waals surface area contributed by atoms with E-state index in [1.165, 1.54) is 0 Å². The number of hydrogen-bond acceptors (Lipinski definition) is 8. The topological polar surface area (TPSA) is 130 Å². The third-order valence-corrected chi connectivity index (χ3v) is 5.04. The summed E-state index contributed by atoms with van der Waals surface area (Å²) >= 11 is 0. The number of rotatable bonds is 6. The molecule has 0 amide bonds. The average Bonchev–Trinajstić information content (AvgIpc) is 2.96. The molecular formula is C28H24N4O4Pd. The molecule has 0 aliphatic carbocycles. The smallest absolute Gasteiger partial charge is 0.139 e. The predicted molar refractivity (Wildman–Crippen MR) is 139 cm³/mol. The summed E-state index contributed by atoms with van der Waals surface area (Å²) in [6.07, 6.45) is 0. The Hall–Kier alpha value is -4.58. The Morgan fingerprint density at radius 1 is 0.324 bits per heavy atom. The summed E-state index contributed by atoms with van der Waals surface area (Å²) in [5.41, 5.74) is 3.61. The first-order chi connectivity index (χ1) is 17.7. The molecule has 0 fully saturated rings. The molecule has 190 valence electrons. The van der Waals surface area contributed by atoms with Crippen LogP contribution in [-0.2, 0) is 20.4 Å². The van der Waals surface area contributed by atoms with Gasteiger partial charge in [0.1, 0.15) is 22.8 Å². The van der Waals surface area contributed by atoms with Gasteiger partial charge < -0.3 is 20.8 Å². The molecule has 9 heteroatoms. The fraction of sp³-hybridized carbons (Fsp3) is 0. The van der Waals surface area contributed by atoms with Crippen LogP contribution >= 0.6 is 0 Å². The maximum atomic E-state index is 9.14. The van der Waals surface area contributed by atoms with Crippen LogP contribution in [0.25, 0.3) is 0 Å². The predicted octanol–water partition coefficient (Wildman–Crippen LogP) is 5.48. The molecule has 0 unspecified atom stereocenters. The van der Waals surface area contributed by atoms with Crippen LogP contribution in [0, 0.1) is 0 Å². The molecule has 0 atom stereocenters. The summed E-state index contributed by atoms with van der Waals surface area (Å²) in [7, 11) is 0. The maximum Gasteiger partial charge on any atom is 0.139 e. The van der Waals surface area contributed by atoms with Crippen LogP contribution in [-0.4, -0.2) is 43.7 Å². The van der Waals surface area contributed by atoms with Crippen molar-refractivity contribution < 1.29 is 41.3 Å².